The molecule has 2 nitrogen and oxygen atoms in total. The average Bonchev–Trinajstić information content (AvgIpc) is 2.97. The monoisotopic (exact) mass is 272 g/mol. The van der Waals surface area contributed by atoms with Gasteiger partial charge in [0.1, 0.15) is 0 Å². The molecule has 3 aromatic rings. The van der Waals surface area contributed by atoms with Gasteiger partial charge in [-0.05, 0) is 29.3 Å². The summed E-state index contributed by atoms with van der Waals surface area (Å²) in [6, 6.07) is 23.3. The first-order valence-corrected chi connectivity index (χ1v) is 7.25. The highest BCUT2D eigenvalue weighted by Gasteiger charge is 2.16. The second-order valence-corrected chi connectivity index (χ2v) is 5.32. The molecule has 2 heteroatoms. The Balaban J connectivity index is 1.79. The van der Waals surface area contributed by atoms with Gasteiger partial charge < -0.3 is 4.57 Å². The molecule has 21 heavy (non-hydrogen) atoms. The summed E-state index contributed by atoms with van der Waals surface area (Å²) in [5.74, 6) is 0. The SMILES string of the molecule is c1ccc(CC2=NCc3ccccc3-n3cccc32)cc1. The molecular weight excluding hydrogens is 256 g/mol. The Bertz CT molecular complexity index is 797. The van der Waals surface area contributed by atoms with Gasteiger partial charge in [-0.25, -0.2) is 0 Å². The molecule has 1 aliphatic heterocycles. The molecule has 0 N–H and O–H groups in total. The summed E-state index contributed by atoms with van der Waals surface area (Å²) >= 11 is 0. The highest BCUT2D eigenvalue weighted by Crippen LogP contribution is 2.23. The van der Waals surface area contributed by atoms with Crippen LogP contribution in [0.3, 0.4) is 0 Å². The van der Waals surface area contributed by atoms with Crippen molar-refractivity contribution >= 4 is 5.71 Å². The van der Waals surface area contributed by atoms with E-state index in [1.807, 2.05) is 0 Å². The fourth-order valence-corrected chi connectivity index (χ4v) is 2.90. The molecule has 1 aromatic heterocycles. The van der Waals surface area contributed by atoms with E-state index in [1.165, 1.54) is 22.5 Å². The van der Waals surface area contributed by atoms with Crippen LogP contribution in [-0.2, 0) is 13.0 Å². The maximum atomic E-state index is 4.87. The van der Waals surface area contributed by atoms with E-state index in [0.29, 0.717) is 0 Å². The predicted octanol–water partition coefficient (Wildman–Crippen LogP) is 4.02. The minimum Gasteiger partial charge on any atom is -0.315 e. The van der Waals surface area contributed by atoms with Crippen LogP contribution in [0.1, 0.15) is 16.8 Å². The van der Waals surface area contributed by atoms with Crippen LogP contribution in [-0.4, -0.2) is 10.3 Å². The molecule has 1 aliphatic rings. The lowest BCUT2D eigenvalue weighted by molar-refractivity contribution is 1.02. The quantitative estimate of drug-likeness (QED) is 0.670. The van der Waals surface area contributed by atoms with Crippen molar-refractivity contribution in [2.24, 2.45) is 4.99 Å². The van der Waals surface area contributed by atoms with Crippen LogP contribution in [0.4, 0.5) is 0 Å². The van der Waals surface area contributed by atoms with Crippen LogP contribution in [0, 0.1) is 0 Å². The van der Waals surface area contributed by atoms with Gasteiger partial charge >= 0.3 is 0 Å². The molecule has 0 amide bonds. The van der Waals surface area contributed by atoms with Crippen LogP contribution in [0.25, 0.3) is 5.69 Å². The maximum Gasteiger partial charge on any atom is 0.0670 e. The minimum absolute atomic E-state index is 0.750. The Morgan fingerprint density at radius 3 is 2.57 bits per heavy atom. The zero-order valence-corrected chi connectivity index (χ0v) is 11.7. The summed E-state index contributed by atoms with van der Waals surface area (Å²) in [5, 5.41) is 0. The number of fused-ring (bicyclic) bond motifs is 3. The minimum atomic E-state index is 0.750. The lowest BCUT2D eigenvalue weighted by atomic mass is 10.1. The number of para-hydroxylation sites is 1. The number of hydrogen-bond acceptors (Lipinski definition) is 1. The van der Waals surface area contributed by atoms with Crippen molar-refractivity contribution in [1.82, 2.24) is 4.57 Å². The third-order valence-corrected chi connectivity index (χ3v) is 3.95. The van der Waals surface area contributed by atoms with Crippen molar-refractivity contribution in [1.29, 1.82) is 0 Å². The number of aromatic nitrogens is 1. The number of rotatable bonds is 2. The van der Waals surface area contributed by atoms with Crippen molar-refractivity contribution < 1.29 is 0 Å². The number of hydrogen-bond donors (Lipinski definition) is 0. The molecule has 0 saturated carbocycles. The standard InChI is InChI=1S/C19H16N2/c1-2-7-15(8-3-1)13-17-19-11-6-12-21(19)18-10-5-4-9-16(18)14-20-17/h1-12H,13-14H2. The van der Waals surface area contributed by atoms with Gasteiger partial charge in [0.05, 0.1) is 23.6 Å². The molecule has 0 radical (unpaired) electrons. The zero-order valence-electron chi connectivity index (χ0n) is 11.7. The maximum absolute atomic E-state index is 4.87. The van der Waals surface area contributed by atoms with Crippen LogP contribution in [0.2, 0.25) is 0 Å². The number of nitrogens with zero attached hydrogens (tertiary/aromatic N) is 2. The second-order valence-electron chi connectivity index (χ2n) is 5.32. The topological polar surface area (TPSA) is 17.3 Å². The van der Waals surface area contributed by atoms with Crippen molar-refractivity contribution in [2.45, 2.75) is 13.0 Å². The summed E-state index contributed by atoms with van der Waals surface area (Å²) in [7, 11) is 0. The fraction of sp³-hybridized carbons (Fsp3) is 0.105. The van der Waals surface area contributed by atoms with E-state index in [2.05, 4.69) is 77.5 Å². The first-order valence-electron chi connectivity index (χ1n) is 7.25. The average molecular weight is 272 g/mol. The van der Waals surface area contributed by atoms with Gasteiger partial charge in [0, 0.05) is 12.6 Å². The van der Waals surface area contributed by atoms with Crippen LogP contribution < -0.4 is 0 Å². The van der Waals surface area contributed by atoms with E-state index in [-0.39, 0.29) is 0 Å². The van der Waals surface area contributed by atoms with Crippen molar-refractivity contribution in [2.75, 3.05) is 0 Å². The van der Waals surface area contributed by atoms with Gasteiger partial charge in [-0.15, -0.1) is 0 Å². The van der Waals surface area contributed by atoms with Crippen molar-refractivity contribution in [3.8, 4) is 5.69 Å². The zero-order chi connectivity index (χ0) is 14.1. The lowest BCUT2D eigenvalue weighted by Gasteiger charge is -2.10. The molecule has 2 heterocycles. The first-order chi connectivity index (χ1) is 10.4. The highest BCUT2D eigenvalue weighted by molar-refractivity contribution is 6.01. The smallest absolute Gasteiger partial charge is 0.0670 e. The Morgan fingerprint density at radius 1 is 0.857 bits per heavy atom. The number of benzene rings is 2. The highest BCUT2D eigenvalue weighted by atomic mass is 15.0. The molecule has 2 aromatic carbocycles. The van der Waals surface area contributed by atoms with Crippen LogP contribution in [0.5, 0.6) is 0 Å². The molecule has 0 saturated heterocycles. The third-order valence-electron chi connectivity index (χ3n) is 3.95. The Kier molecular flexibility index (Phi) is 2.93. The Hall–Kier alpha value is -2.61. The number of aliphatic imine (C=N–C) groups is 1. The molecule has 0 spiro atoms. The second kappa shape index (κ2) is 5.06. The Labute approximate surface area is 124 Å². The van der Waals surface area contributed by atoms with E-state index < -0.39 is 0 Å². The van der Waals surface area contributed by atoms with E-state index in [4.69, 9.17) is 4.99 Å². The summed E-state index contributed by atoms with van der Waals surface area (Å²) in [5.41, 5.74) is 6.17. The van der Waals surface area contributed by atoms with E-state index in [9.17, 15) is 0 Å². The summed E-state index contributed by atoms with van der Waals surface area (Å²) in [6.07, 6.45) is 3.00. The van der Waals surface area contributed by atoms with E-state index >= 15 is 0 Å². The summed E-state index contributed by atoms with van der Waals surface area (Å²) in [6.45, 7) is 0.750. The largest absolute Gasteiger partial charge is 0.315 e. The summed E-state index contributed by atoms with van der Waals surface area (Å²) < 4.78 is 2.25. The van der Waals surface area contributed by atoms with E-state index in [1.54, 1.807) is 0 Å². The van der Waals surface area contributed by atoms with Gasteiger partial charge in [0.2, 0.25) is 0 Å². The fourth-order valence-electron chi connectivity index (χ4n) is 2.90. The molecule has 102 valence electrons. The summed E-state index contributed by atoms with van der Waals surface area (Å²) in [4.78, 5) is 4.87. The normalized spacial score (nSPS) is 13.0. The third kappa shape index (κ3) is 2.19. The molecule has 0 unspecified atom stereocenters. The molecule has 0 aliphatic carbocycles. The molecule has 0 fully saturated rings. The van der Waals surface area contributed by atoms with Gasteiger partial charge in [0.15, 0.2) is 0 Å². The van der Waals surface area contributed by atoms with Crippen LogP contribution in [0.15, 0.2) is 77.9 Å². The molecule has 4 rings (SSSR count). The molecule has 0 bridgehead atoms. The van der Waals surface area contributed by atoms with E-state index in [0.717, 1.165) is 18.7 Å². The van der Waals surface area contributed by atoms with Crippen molar-refractivity contribution in [3.05, 3.63) is 89.7 Å². The Morgan fingerprint density at radius 2 is 1.67 bits per heavy atom. The first kappa shape index (κ1) is 12.2. The van der Waals surface area contributed by atoms with Crippen molar-refractivity contribution in [3.63, 3.8) is 0 Å². The van der Waals surface area contributed by atoms with Crippen LogP contribution >= 0.6 is 0 Å². The van der Waals surface area contributed by atoms with Gasteiger partial charge in [-0.1, -0.05) is 48.5 Å². The van der Waals surface area contributed by atoms with Gasteiger partial charge in [-0.3, -0.25) is 4.99 Å². The predicted molar refractivity (Wildman–Crippen MR) is 86.2 cm³/mol. The lowest BCUT2D eigenvalue weighted by Crippen LogP contribution is -2.09. The molecular formula is C19H16N2. The molecule has 0 atom stereocenters. The van der Waals surface area contributed by atoms with Gasteiger partial charge in [-0.2, -0.15) is 0 Å². The van der Waals surface area contributed by atoms with Gasteiger partial charge in [0.25, 0.3) is 0 Å².